The molecule has 1 aromatic heterocycles. The zero-order valence-electron chi connectivity index (χ0n) is 10.0. The smallest absolute Gasteiger partial charge is 0.137 e. The predicted octanol–water partition coefficient (Wildman–Crippen LogP) is 1.63. The van der Waals surface area contributed by atoms with Crippen molar-refractivity contribution in [3.63, 3.8) is 0 Å². The maximum Gasteiger partial charge on any atom is 0.137 e. The first-order valence-corrected chi connectivity index (χ1v) is 5.62. The van der Waals surface area contributed by atoms with Gasteiger partial charge in [-0.15, -0.1) is 12.4 Å². The number of benzene rings is 1. The summed E-state index contributed by atoms with van der Waals surface area (Å²) in [5, 5.41) is 4.02. The van der Waals surface area contributed by atoms with Crippen LogP contribution in [-0.4, -0.2) is 21.4 Å². The average molecular weight is 269 g/mol. The number of hydrogen-bond donors (Lipinski definition) is 1. The number of nitrogens with zero attached hydrogens (tertiary/aromatic N) is 3. The van der Waals surface area contributed by atoms with Crippen LogP contribution in [0, 0.1) is 0 Å². The molecule has 0 bridgehead atoms. The van der Waals surface area contributed by atoms with Gasteiger partial charge in [0.15, 0.2) is 0 Å². The third-order valence-corrected chi connectivity index (χ3v) is 2.40. The highest BCUT2D eigenvalue weighted by Gasteiger charge is 1.96. The summed E-state index contributed by atoms with van der Waals surface area (Å²) in [6.45, 7) is 2.01. The van der Waals surface area contributed by atoms with Crippen molar-refractivity contribution in [3.8, 4) is 5.75 Å². The van der Waals surface area contributed by atoms with Crippen LogP contribution in [0.4, 0.5) is 0 Å². The van der Waals surface area contributed by atoms with E-state index < -0.39 is 0 Å². The lowest BCUT2D eigenvalue weighted by molar-refractivity contribution is 0.298. The van der Waals surface area contributed by atoms with E-state index in [2.05, 4.69) is 10.1 Å². The van der Waals surface area contributed by atoms with Gasteiger partial charge in [-0.25, -0.2) is 4.98 Å². The molecule has 2 rings (SSSR count). The van der Waals surface area contributed by atoms with Crippen molar-refractivity contribution in [2.75, 3.05) is 6.61 Å². The highest BCUT2D eigenvalue weighted by Crippen LogP contribution is 2.12. The van der Waals surface area contributed by atoms with E-state index >= 15 is 0 Å². The third-order valence-electron chi connectivity index (χ3n) is 2.40. The van der Waals surface area contributed by atoms with E-state index in [4.69, 9.17) is 10.5 Å². The van der Waals surface area contributed by atoms with Crippen molar-refractivity contribution < 1.29 is 4.74 Å². The summed E-state index contributed by atoms with van der Waals surface area (Å²) >= 11 is 0. The topological polar surface area (TPSA) is 66.0 Å². The summed E-state index contributed by atoms with van der Waals surface area (Å²) in [4.78, 5) is 3.88. The molecule has 2 N–H and O–H groups in total. The predicted molar refractivity (Wildman–Crippen MR) is 71.7 cm³/mol. The molecule has 0 unspecified atom stereocenters. The minimum absolute atomic E-state index is 0. The first-order valence-electron chi connectivity index (χ1n) is 5.62. The highest BCUT2D eigenvalue weighted by atomic mass is 35.5. The van der Waals surface area contributed by atoms with Gasteiger partial charge in [-0.1, -0.05) is 12.1 Å². The lowest BCUT2D eigenvalue weighted by Gasteiger charge is -2.07. The molecular formula is C12H17ClN4O. The molecule has 0 fully saturated rings. The summed E-state index contributed by atoms with van der Waals surface area (Å²) in [5.74, 6) is 0.867. The van der Waals surface area contributed by atoms with Crippen molar-refractivity contribution in [1.82, 2.24) is 14.8 Å². The fourth-order valence-electron chi connectivity index (χ4n) is 1.53. The Kier molecular flexibility index (Phi) is 6.18. The molecule has 0 aliphatic heterocycles. The molecule has 6 heteroatoms. The minimum atomic E-state index is 0. The van der Waals surface area contributed by atoms with Crippen LogP contribution in [0.25, 0.3) is 0 Å². The molecule has 0 atom stereocenters. The third kappa shape index (κ3) is 4.35. The lowest BCUT2D eigenvalue weighted by Crippen LogP contribution is -2.05. The second-order valence-corrected chi connectivity index (χ2v) is 3.71. The molecule has 0 aliphatic carbocycles. The van der Waals surface area contributed by atoms with Crippen LogP contribution >= 0.6 is 12.4 Å². The lowest BCUT2D eigenvalue weighted by atomic mass is 10.2. The Morgan fingerprint density at radius 1 is 1.33 bits per heavy atom. The number of halogens is 1. The Hall–Kier alpha value is -1.59. The van der Waals surface area contributed by atoms with Gasteiger partial charge in [0, 0.05) is 19.5 Å². The largest absolute Gasteiger partial charge is 0.494 e. The van der Waals surface area contributed by atoms with E-state index in [1.165, 1.54) is 6.33 Å². The molecule has 98 valence electrons. The van der Waals surface area contributed by atoms with Crippen LogP contribution in [-0.2, 0) is 13.1 Å². The Balaban J connectivity index is 0.00000162. The van der Waals surface area contributed by atoms with Crippen molar-refractivity contribution in [2.45, 2.75) is 19.5 Å². The number of aromatic nitrogens is 3. The van der Waals surface area contributed by atoms with Gasteiger partial charge < -0.3 is 10.5 Å². The van der Waals surface area contributed by atoms with E-state index in [-0.39, 0.29) is 12.4 Å². The first kappa shape index (κ1) is 14.5. The fraction of sp³-hybridized carbons (Fsp3) is 0.333. The highest BCUT2D eigenvalue weighted by molar-refractivity contribution is 5.85. The van der Waals surface area contributed by atoms with E-state index in [1.807, 2.05) is 24.3 Å². The first-order chi connectivity index (χ1) is 8.38. The summed E-state index contributed by atoms with van der Waals surface area (Å²) in [7, 11) is 0. The summed E-state index contributed by atoms with van der Waals surface area (Å²) in [5.41, 5.74) is 6.65. The van der Waals surface area contributed by atoms with E-state index in [1.54, 1.807) is 11.0 Å². The molecule has 2 aromatic rings. The molecule has 1 aromatic carbocycles. The maximum atomic E-state index is 5.63. The molecule has 0 saturated heterocycles. The number of aryl methyl sites for hydroxylation is 1. The van der Waals surface area contributed by atoms with Crippen molar-refractivity contribution in [1.29, 1.82) is 0 Å². The number of hydrogen-bond acceptors (Lipinski definition) is 4. The Bertz CT molecular complexity index is 447. The van der Waals surface area contributed by atoms with Crippen LogP contribution in [0.5, 0.6) is 5.75 Å². The van der Waals surface area contributed by atoms with Gasteiger partial charge >= 0.3 is 0 Å². The number of ether oxygens (including phenoxy) is 1. The molecule has 0 aliphatic rings. The quantitative estimate of drug-likeness (QED) is 0.809. The molecule has 0 saturated carbocycles. The van der Waals surface area contributed by atoms with Crippen LogP contribution in [0.1, 0.15) is 12.0 Å². The van der Waals surface area contributed by atoms with Crippen molar-refractivity contribution in [3.05, 3.63) is 42.5 Å². The molecule has 0 amide bonds. The van der Waals surface area contributed by atoms with Gasteiger partial charge in [0.25, 0.3) is 0 Å². The Morgan fingerprint density at radius 3 is 2.94 bits per heavy atom. The second kappa shape index (κ2) is 7.68. The van der Waals surface area contributed by atoms with Gasteiger partial charge in [-0.3, -0.25) is 4.68 Å². The molecular weight excluding hydrogens is 252 g/mol. The van der Waals surface area contributed by atoms with E-state index in [0.717, 1.165) is 24.3 Å². The van der Waals surface area contributed by atoms with Gasteiger partial charge in [0.2, 0.25) is 0 Å². The van der Waals surface area contributed by atoms with Gasteiger partial charge in [-0.05, 0) is 17.7 Å². The average Bonchev–Trinajstić information content (AvgIpc) is 2.88. The summed E-state index contributed by atoms with van der Waals surface area (Å²) in [6.07, 6.45) is 4.14. The minimum Gasteiger partial charge on any atom is -0.494 e. The standard InChI is InChI=1S/C12H16N4O.ClH/c13-8-11-3-1-4-12(7-11)17-6-2-5-16-10-14-9-15-16;/h1,3-4,7,9-10H,2,5-6,8,13H2;1H. The van der Waals surface area contributed by atoms with Gasteiger partial charge in [-0.2, -0.15) is 5.10 Å². The van der Waals surface area contributed by atoms with Crippen LogP contribution in [0.2, 0.25) is 0 Å². The molecule has 5 nitrogen and oxygen atoms in total. The van der Waals surface area contributed by atoms with Crippen LogP contribution in [0.15, 0.2) is 36.9 Å². The summed E-state index contributed by atoms with van der Waals surface area (Å²) < 4.78 is 7.42. The zero-order valence-corrected chi connectivity index (χ0v) is 10.8. The SMILES string of the molecule is Cl.NCc1cccc(OCCCn2cncn2)c1. The normalized spacial score (nSPS) is 9.83. The van der Waals surface area contributed by atoms with Crippen LogP contribution in [0.3, 0.4) is 0 Å². The van der Waals surface area contributed by atoms with E-state index in [0.29, 0.717) is 13.2 Å². The Labute approximate surface area is 112 Å². The molecule has 0 radical (unpaired) electrons. The fourth-order valence-corrected chi connectivity index (χ4v) is 1.53. The van der Waals surface area contributed by atoms with Crippen molar-refractivity contribution in [2.24, 2.45) is 5.73 Å². The van der Waals surface area contributed by atoms with Gasteiger partial charge in [0.05, 0.1) is 6.61 Å². The van der Waals surface area contributed by atoms with Gasteiger partial charge in [0.1, 0.15) is 18.4 Å². The van der Waals surface area contributed by atoms with E-state index in [9.17, 15) is 0 Å². The number of rotatable bonds is 6. The van der Waals surface area contributed by atoms with Crippen LogP contribution < -0.4 is 10.5 Å². The monoisotopic (exact) mass is 268 g/mol. The maximum absolute atomic E-state index is 5.63. The molecule has 18 heavy (non-hydrogen) atoms. The Morgan fingerprint density at radius 2 is 2.22 bits per heavy atom. The zero-order chi connectivity index (χ0) is 11.9. The second-order valence-electron chi connectivity index (χ2n) is 3.71. The molecule has 1 heterocycles. The number of nitrogens with two attached hydrogens (primary N) is 1. The van der Waals surface area contributed by atoms with Crippen molar-refractivity contribution >= 4 is 12.4 Å². The molecule has 0 spiro atoms. The summed E-state index contributed by atoms with van der Waals surface area (Å²) in [6, 6.07) is 7.85.